The van der Waals surface area contributed by atoms with Gasteiger partial charge in [0, 0.05) is 33.3 Å². The first-order valence-electron chi connectivity index (χ1n) is 10.2. The summed E-state index contributed by atoms with van der Waals surface area (Å²) < 4.78 is 1.71. The van der Waals surface area contributed by atoms with Crippen molar-refractivity contribution in [2.24, 2.45) is 0 Å². The van der Waals surface area contributed by atoms with Gasteiger partial charge in [-0.2, -0.15) is 10.1 Å². The van der Waals surface area contributed by atoms with Gasteiger partial charge in [0.05, 0.1) is 0 Å². The van der Waals surface area contributed by atoms with Crippen LogP contribution in [0.3, 0.4) is 0 Å². The maximum absolute atomic E-state index is 12.5. The minimum atomic E-state index is -0.0213. The van der Waals surface area contributed by atoms with Crippen molar-refractivity contribution in [3.63, 3.8) is 0 Å². The highest BCUT2D eigenvalue weighted by atomic mass is 32.2. The van der Waals surface area contributed by atoms with E-state index in [2.05, 4.69) is 52.4 Å². The molecule has 4 rings (SSSR count). The zero-order chi connectivity index (χ0) is 22.0. The molecule has 0 aliphatic carbocycles. The van der Waals surface area contributed by atoms with E-state index >= 15 is 0 Å². The van der Waals surface area contributed by atoms with Crippen molar-refractivity contribution < 1.29 is 4.79 Å². The quantitative estimate of drug-likeness (QED) is 0.461. The van der Waals surface area contributed by atoms with Crippen LogP contribution in [-0.4, -0.2) is 25.5 Å². The predicted octanol–water partition coefficient (Wildman–Crippen LogP) is 5.08. The van der Waals surface area contributed by atoms with Crippen LogP contribution in [0.2, 0.25) is 0 Å². The Balaban J connectivity index is 1.36. The van der Waals surface area contributed by atoms with Crippen molar-refractivity contribution in [1.82, 2.24) is 19.6 Å². The molecular formula is C24H25N5OS. The van der Waals surface area contributed by atoms with Crippen LogP contribution in [0.5, 0.6) is 0 Å². The van der Waals surface area contributed by atoms with Gasteiger partial charge >= 0.3 is 0 Å². The van der Waals surface area contributed by atoms with Crippen LogP contribution in [0.15, 0.2) is 58.6 Å². The van der Waals surface area contributed by atoms with Gasteiger partial charge in [-0.1, -0.05) is 17.8 Å². The van der Waals surface area contributed by atoms with Gasteiger partial charge in [-0.25, -0.2) is 9.50 Å². The van der Waals surface area contributed by atoms with Crippen LogP contribution in [0.25, 0.3) is 5.78 Å². The smallest absolute Gasteiger partial charge is 0.252 e. The fourth-order valence-corrected chi connectivity index (χ4v) is 4.42. The van der Waals surface area contributed by atoms with Gasteiger partial charge in [0.15, 0.2) is 0 Å². The topological polar surface area (TPSA) is 72.2 Å². The van der Waals surface area contributed by atoms with Crippen LogP contribution < -0.4 is 5.32 Å². The monoisotopic (exact) mass is 431 g/mol. The summed E-state index contributed by atoms with van der Waals surface area (Å²) in [6.07, 6.45) is 2.48. The molecule has 31 heavy (non-hydrogen) atoms. The number of benzene rings is 2. The fraction of sp³-hybridized carbons (Fsp3) is 0.250. The lowest BCUT2D eigenvalue weighted by molar-refractivity contribution is -0.116. The molecule has 1 N–H and O–H groups in total. The highest BCUT2D eigenvalue weighted by molar-refractivity contribution is 7.99. The summed E-state index contributed by atoms with van der Waals surface area (Å²) in [6.45, 7) is 8.17. The standard InChI is InChI=1S/C24H25N5OS/c1-15-5-8-21(13-16(15)2)31-20-9-6-19(7-10-20)28-23(30)12-11-22-17(3)27-24-25-14-26-29(24)18(22)4/h5-10,13-14H,11-12H2,1-4H3,(H,28,30). The van der Waals surface area contributed by atoms with E-state index in [1.54, 1.807) is 16.3 Å². The molecule has 7 heteroatoms. The second-order valence-corrected chi connectivity index (χ2v) is 8.80. The summed E-state index contributed by atoms with van der Waals surface area (Å²) in [5, 5.41) is 7.19. The second-order valence-electron chi connectivity index (χ2n) is 7.65. The summed E-state index contributed by atoms with van der Waals surface area (Å²) in [4.78, 5) is 23.4. The predicted molar refractivity (Wildman–Crippen MR) is 124 cm³/mol. The summed E-state index contributed by atoms with van der Waals surface area (Å²) in [5.41, 5.74) is 6.28. The number of nitrogens with one attached hydrogen (secondary N) is 1. The largest absolute Gasteiger partial charge is 0.326 e. The van der Waals surface area contributed by atoms with Gasteiger partial charge in [0.25, 0.3) is 5.78 Å². The molecule has 0 aliphatic heterocycles. The van der Waals surface area contributed by atoms with E-state index < -0.39 is 0 Å². The van der Waals surface area contributed by atoms with Crippen molar-refractivity contribution in [2.45, 2.75) is 50.3 Å². The molecule has 0 radical (unpaired) electrons. The molecule has 0 spiro atoms. The van der Waals surface area contributed by atoms with Crippen molar-refractivity contribution >= 4 is 29.1 Å². The van der Waals surface area contributed by atoms with Crippen molar-refractivity contribution in [1.29, 1.82) is 0 Å². The molecule has 0 fully saturated rings. The lowest BCUT2D eigenvalue weighted by Gasteiger charge is -2.11. The zero-order valence-corrected chi connectivity index (χ0v) is 19.0. The molecule has 0 saturated carbocycles. The van der Waals surface area contributed by atoms with E-state index in [-0.39, 0.29) is 5.91 Å². The molecule has 0 atom stereocenters. The highest BCUT2D eigenvalue weighted by Crippen LogP contribution is 2.30. The molecule has 0 aliphatic rings. The van der Waals surface area contributed by atoms with Gasteiger partial charge in [-0.15, -0.1) is 0 Å². The molecule has 1 amide bonds. The van der Waals surface area contributed by atoms with Gasteiger partial charge in [0.1, 0.15) is 6.33 Å². The van der Waals surface area contributed by atoms with Crippen LogP contribution in [-0.2, 0) is 11.2 Å². The van der Waals surface area contributed by atoms with Crippen molar-refractivity contribution in [3.8, 4) is 0 Å². The lowest BCUT2D eigenvalue weighted by atomic mass is 10.1. The van der Waals surface area contributed by atoms with E-state index in [1.807, 2.05) is 38.1 Å². The Kier molecular flexibility index (Phi) is 6.04. The minimum Gasteiger partial charge on any atom is -0.326 e. The maximum Gasteiger partial charge on any atom is 0.252 e. The summed E-state index contributed by atoms with van der Waals surface area (Å²) >= 11 is 1.72. The first-order valence-corrected chi connectivity index (χ1v) is 11.0. The number of fused-ring (bicyclic) bond motifs is 1. The van der Waals surface area contributed by atoms with E-state index in [4.69, 9.17) is 0 Å². The molecule has 2 aromatic heterocycles. The first kappa shape index (κ1) is 21.1. The number of rotatable bonds is 6. The zero-order valence-electron chi connectivity index (χ0n) is 18.1. The van der Waals surface area contributed by atoms with Crippen LogP contribution in [0.4, 0.5) is 5.69 Å². The molecule has 2 heterocycles. The molecule has 158 valence electrons. The number of hydrogen-bond donors (Lipinski definition) is 1. The molecule has 0 bridgehead atoms. The molecular weight excluding hydrogens is 406 g/mol. The third kappa shape index (κ3) is 4.77. The molecule has 6 nitrogen and oxygen atoms in total. The van der Waals surface area contributed by atoms with Gasteiger partial charge in [-0.3, -0.25) is 4.79 Å². The SMILES string of the molecule is Cc1ccc(Sc2ccc(NC(=O)CCc3c(C)nc4ncnn4c3C)cc2)cc1C. The first-order chi connectivity index (χ1) is 14.9. The van der Waals surface area contributed by atoms with Crippen molar-refractivity contribution in [3.05, 3.63) is 76.9 Å². The molecule has 0 saturated heterocycles. The van der Waals surface area contributed by atoms with Crippen LogP contribution in [0, 0.1) is 27.7 Å². The van der Waals surface area contributed by atoms with E-state index in [9.17, 15) is 4.79 Å². The van der Waals surface area contributed by atoms with Crippen LogP contribution in [0.1, 0.15) is 34.5 Å². The second kappa shape index (κ2) is 8.89. The maximum atomic E-state index is 12.5. The Bertz CT molecular complexity index is 1250. The third-order valence-corrected chi connectivity index (χ3v) is 6.44. The third-order valence-electron chi connectivity index (χ3n) is 5.44. The number of aromatic nitrogens is 4. The average molecular weight is 432 g/mol. The molecule has 2 aromatic carbocycles. The van der Waals surface area contributed by atoms with Gasteiger partial charge in [-0.05, 0) is 87.2 Å². The molecule has 4 aromatic rings. The number of carbonyl (C=O) groups is 1. The summed E-state index contributed by atoms with van der Waals surface area (Å²) in [7, 11) is 0. The number of carbonyl (C=O) groups excluding carboxylic acids is 1. The van der Waals surface area contributed by atoms with E-state index in [0.29, 0.717) is 18.6 Å². The normalized spacial score (nSPS) is 11.1. The Morgan fingerprint density at radius 2 is 1.74 bits per heavy atom. The molecule has 0 unspecified atom stereocenters. The number of amides is 1. The van der Waals surface area contributed by atoms with E-state index in [1.165, 1.54) is 22.3 Å². The van der Waals surface area contributed by atoms with Crippen molar-refractivity contribution in [2.75, 3.05) is 5.32 Å². The number of nitrogens with zero attached hydrogens (tertiary/aromatic N) is 4. The van der Waals surface area contributed by atoms with Gasteiger partial charge < -0.3 is 5.32 Å². The Morgan fingerprint density at radius 1 is 1.00 bits per heavy atom. The number of hydrogen-bond acceptors (Lipinski definition) is 5. The summed E-state index contributed by atoms with van der Waals surface area (Å²) in [6, 6.07) is 14.4. The van der Waals surface area contributed by atoms with E-state index in [0.717, 1.165) is 27.5 Å². The number of anilines is 1. The van der Waals surface area contributed by atoms with Crippen LogP contribution >= 0.6 is 11.8 Å². The Morgan fingerprint density at radius 3 is 2.48 bits per heavy atom. The summed E-state index contributed by atoms with van der Waals surface area (Å²) in [5.74, 6) is 0.564. The lowest BCUT2D eigenvalue weighted by Crippen LogP contribution is -2.14. The highest BCUT2D eigenvalue weighted by Gasteiger charge is 2.13. The fourth-order valence-electron chi connectivity index (χ4n) is 3.50. The Labute approximate surface area is 186 Å². The average Bonchev–Trinajstić information content (AvgIpc) is 3.20. The van der Waals surface area contributed by atoms with Gasteiger partial charge in [0.2, 0.25) is 5.91 Å². The number of aryl methyl sites for hydroxylation is 4. The minimum absolute atomic E-state index is 0.0213. The Hall–Kier alpha value is -3.19.